The maximum absolute atomic E-state index is 12.9. The molecular formula is C22H27IN2O3. The Morgan fingerprint density at radius 2 is 1.68 bits per heavy atom. The number of rotatable bonds is 9. The van der Waals surface area contributed by atoms with Crippen molar-refractivity contribution in [3.63, 3.8) is 0 Å². The summed E-state index contributed by atoms with van der Waals surface area (Å²) in [7, 11) is 0. The standard InChI is InChI=1S/C22H27IN2O3/c1-16(2)24-22(27)17(3)25(14-13-18-7-5-4-6-8-18)21(26)15-28-20-11-9-19(23)10-12-20/h4-12,16-17H,13-15H2,1-3H3,(H,24,27). The lowest BCUT2D eigenvalue weighted by Gasteiger charge is -2.29. The summed E-state index contributed by atoms with van der Waals surface area (Å²) in [6.45, 7) is 5.91. The normalized spacial score (nSPS) is 11.8. The summed E-state index contributed by atoms with van der Waals surface area (Å²) in [6.07, 6.45) is 0.676. The minimum atomic E-state index is -0.570. The third-order valence-corrected chi connectivity index (χ3v) is 4.98. The molecule has 2 aromatic rings. The van der Waals surface area contributed by atoms with E-state index in [1.807, 2.05) is 68.4 Å². The second kappa shape index (κ2) is 11.0. The molecule has 2 aromatic carbocycles. The molecule has 0 aliphatic rings. The van der Waals surface area contributed by atoms with Crippen LogP contribution >= 0.6 is 22.6 Å². The number of carbonyl (C=O) groups is 2. The number of amides is 2. The van der Waals surface area contributed by atoms with Gasteiger partial charge in [0.15, 0.2) is 6.61 Å². The Morgan fingerprint density at radius 1 is 1.04 bits per heavy atom. The molecular weight excluding hydrogens is 467 g/mol. The van der Waals surface area contributed by atoms with Crippen molar-refractivity contribution in [3.8, 4) is 5.75 Å². The summed E-state index contributed by atoms with van der Waals surface area (Å²) in [5.74, 6) is 0.266. The topological polar surface area (TPSA) is 58.6 Å². The number of hydrogen-bond acceptors (Lipinski definition) is 3. The molecule has 0 heterocycles. The molecule has 0 saturated carbocycles. The van der Waals surface area contributed by atoms with E-state index in [1.54, 1.807) is 11.8 Å². The molecule has 1 unspecified atom stereocenters. The van der Waals surface area contributed by atoms with E-state index in [0.29, 0.717) is 18.7 Å². The van der Waals surface area contributed by atoms with Crippen molar-refractivity contribution in [3.05, 3.63) is 63.7 Å². The molecule has 0 bridgehead atoms. The Bertz CT molecular complexity index is 763. The van der Waals surface area contributed by atoms with Gasteiger partial charge in [-0.25, -0.2) is 0 Å². The van der Waals surface area contributed by atoms with Crippen molar-refractivity contribution < 1.29 is 14.3 Å². The molecule has 0 saturated heterocycles. The van der Waals surface area contributed by atoms with Gasteiger partial charge in [0, 0.05) is 16.2 Å². The van der Waals surface area contributed by atoms with Crippen LogP contribution in [0.4, 0.5) is 0 Å². The van der Waals surface area contributed by atoms with Crippen LogP contribution in [0.25, 0.3) is 0 Å². The van der Waals surface area contributed by atoms with Crippen molar-refractivity contribution in [1.82, 2.24) is 10.2 Å². The van der Waals surface area contributed by atoms with Crippen LogP contribution in [0.15, 0.2) is 54.6 Å². The van der Waals surface area contributed by atoms with Crippen molar-refractivity contribution in [2.75, 3.05) is 13.2 Å². The van der Waals surface area contributed by atoms with E-state index in [4.69, 9.17) is 4.74 Å². The van der Waals surface area contributed by atoms with E-state index in [-0.39, 0.29) is 24.5 Å². The number of carbonyl (C=O) groups excluding carboxylic acids is 2. The van der Waals surface area contributed by atoms with Crippen molar-refractivity contribution in [2.45, 2.75) is 39.3 Å². The van der Waals surface area contributed by atoms with E-state index in [2.05, 4.69) is 27.9 Å². The average molecular weight is 494 g/mol. The minimum Gasteiger partial charge on any atom is -0.484 e. The molecule has 0 aromatic heterocycles. The summed E-state index contributed by atoms with van der Waals surface area (Å²) in [4.78, 5) is 26.9. The highest BCUT2D eigenvalue weighted by Gasteiger charge is 2.26. The molecule has 0 spiro atoms. The van der Waals surface area contributed by atoms with Gasteiger partial charge >= 0.3 is 0 Å². The first-order chi connectivity index (χ1) is 13.4. The van der Waals surface area contributed by atoms with Crippen LogP contribution in [-0.4, -0.2) is 41.9 Å². The second-order valence-corrected chi connectivity index (χ2v) is 8.15. The molecule has 1 N–H and O–H groups in total. The molecule has 1 atom stereocenters. The fourth-order valence-electron chi connectivity index (χ4n) is 2.73. The fraction of sp³-hybridized carbons (Fsp3) is 0.364. The van der Waals surface area contributed by atoms with Crippen LogP contribution in [0.5, 0.6) is 5.75 Å². The molecule has 5 nitrogen and oxygen atoms in total. The molecule has 0 radical (unpaired) electrons. The van der Waals surface area contributed by atoms with Crippen molar-refractivity contribution >= 4 is 34.4 Å². The van der Waals surface area contributed by atoms with Gasteiger partial charge in [0.2, 0.25) is 5.91 Å². The molecule has 2 rings (SSSR count). The average Bonchev–Trinajstić information content (AvgIpc) is 2.67. The quantitative estimate of drug-likeness (QED) is 0.542. The monoisotopic (exact) mass is 494 g/mol. The molecule has 28 heavy (non-hydrogen) atoms. The smallest absolute Gasteiger partial charge is 0.261 e. The molecule has 6 heteroatoms. The van der Waals surface area contributed by atoms with Crippen LogP contribution in [0.1, 0.15) is 26.3 Å². The summed E-state index contributed by atoms with van der Waals surface area (Å²) in [5.41, 5.74) is 1.12. The highest BCUT2D eigenvalue weighted by Crippen LogP contribution is 2.14. The fourth-order valence-corrected chi connectivity index (χ4v) is 3.09. The lowest BCUT2D eigenvalue weighted by atomic mass is 10.1. The highest BCUT2D eigenvalue weighted by molar-refractivity contribution is 14.1. The molecule has 2 amide bonds. The first-order valence-electron chi connectivity index (χ1n) is 9.39. The van der Waals surface area contributed by atoms with Crippen LogP contribution in [0, 0.1) is 3.57 Å². The van der Waals surface area contributed by atoms with E-state index < -0.39 is 6.04 Å². The van der Waals surface area contributed by atoms with E-state index >= 15 is 0 Å². The van der Waals surface area contributed by atoms with Crippen LogP contribution < -0.4 is 10.1 Å². The molecule has 0 fully saturated rings. The first kappa shape index (κ1) is 22.2. The van der Waals surface area contributed by atoms with E-state index in [0.717, 1.165) is 9.13 Å². The van der Waals surface area contributed by atoms with Gasteiger partial charge in [-0.1, -0.05) is 30.3 Å². The zero-order valence-electron chi connectivity index (χ0n) is 16.5. The Kier molecular flexibility index (Phi) is 8.76. The number of benzene rings is 2. The van der Waals surface area contributed by atoms with Gasteiger partial charge in [0.05, 0.1) is 0 Å². The van der Waals surface area contributed by atoms with E-state index in [9.17, 15) is 9.59 Å². The van der Waals surface area contributed by atoms with Crippen LogP contribution in [0.2, 0.25) is 0 Å². The maximum Gasteiger partial charge on any atom is 0.261 e. The minimum absolute atomic E-state index is 0.0177. The summed E-state index contributed by atoms with van der Waals surface area (Å²) in [5, 5.41) is 2.88. The first-order valence-corrected chi connectivity index (χ1v) is 10.5. The van der Waals surface area contributed by atoms with Gasteiger partial charge in [-0.15, -0.1) is 0 Å². The number of ether oxygens (including phenoxy) is 1. The Balaban J connectivity index is 2.05. The van der Waals surface area contributed by atoms with Gasteiger partial charge in [-0.2, -0.15) is 0 Å². The molecule has 0 aliphatic heterocycles. The zero-order chi connectivity index (χ0) is 20.5. The third kappa shape index (κ3) is 7.14. The van der Waals surface area contributed by atoms with Crippen molar-refractivity contribution in [2.24, 2.45) is 0 Å². The SMILES string of the molecule is CC(C)NC(=O)C(C)N(CCc1ccccc1)C(=O)COc1ccc(I)cc1. The van der Waals surface area contributed by atoms with Crippen LogP contribution in [0.3, 0.4) is 0 Å². The van der Waals surface area contributed by atoms with E-state index in [1.165, 1.54) is 0 Å². The lowest BCUT2D eigenvalue weighted by Crippen LogP contribution is -2.51. The Labute approximate surface area is 180 Å². The number of nitrogens with one attached hydrogen (secondary N) is 1. The lowest BCUT2D eigenvalue weighted by molar-refractivity contribution is -0.141. The summed E-state index contributed by atoms with van der Waals surface area (Å²) >= 11 is 2.22. The predicted octanol–water partition coefficient (Wildman–Crippen LogP) is 3.65. The summed E-state index contributed by atoms with van der Waals surface area (Å²) < 4.78 is 6.74. The third-order valence-electron chi connectivity index (χ3n) is 4.26. The number of hydrogen-bond donors (Lipinski definition) is 1. The molecule has 0 aliphatic carbocycles. The van der Waals surface area contributed by atoms with Gasteiger partial charge in [-0.3, -0.25) is 9.59 Å². The Hall–Kier alpha value is -2.09. The summed E-state index contributed by atoms with van der Waals surface area (Å²) in [6, 6.07) is 16.9. The second-order valence-electron chi connectivity index (χ2n) is 6.90. The van der Waals surface area contributed by atoms with Crippen molar-refractivity contribution in [1.29, 1.82) is 0 Å². The number of halogens is 1. The molecule has 150 valence electrons. The highest BCUT2D eigenvalue weighted by atomic mass is 127. The largest absolute Gasteiger partial charge is 0.484 e. The number of nitrogens with zero attached hydrogens (tertiary/aromatic N) is 1. The zero-order valence-corrected chi connectivity index (χ0v) is 18.7. The van der Waals surface area contributed by atoms with Gasteiger partial charge < -0.3 is 15.0 Å². The van der Waals surface area contributed by atoms with Crippen LogP contribution in [-0.2, 0) is 16.0 Å². The predicted molar refractivity (Wildman–Crippen MR) is 119 cm³/mol. The van der Waals surface area contributed by atoms with Gasteiger partial charge in [0.1, 0.15) is 11.8 Å². The van der Waals surface area contributed by atoms with Gasteiger partial charge in [-0.05, 0) is 79.6 Å². The Morgan fingerprint density at radius 3 is 2.29 bits per heavy atom. The van der Waals surface area contributed by atoms with Gasteiger partial charge in [0.25, 0.3) is 5.91 Å². The maximum atomic E-state index is 12.9.